The highest BCUT2D eigenvalue weighted by Crippen LogP contribution is 2.44. The van der Waals surface area contributed by atoms with Crippen LogP contribution in [0.2, 0.25) is 0 Å². The average molecular weight is 408 g/mol. The number of benzene rings is 2. The van der Waals surface area contributed by atoms with E-state index in [-0.39, 0.29) is 12.5 Å². The molecule has 0 spiro atoms. The Kier molecular flexibility index (Phi) is 6.85. The molecule has 1 aliphatic rings. The number of hydrogen-bond donors (Lipinski definition) is 3. The maximum Gasteiger partial charge on any atom is 0.407 e. The normalized spacial score (nSPS) is 12.9. The Bertz CT molecular complexity index is 911. The van der Waals surface area contributed by atoms with Gasteiger partial charge in [-0.25, -0.2) is 4.79 Å². The summed E-state index contributed by atoms with van der Waals surface area (Å²) in [6, 6.07) is 14.7. The quantitative estimate of drug-likeness (QED) is 0.437. The Balaban J connectivity index is 1.65. The second kappa shape index (κ2) is 9.73. The largest absolute Gasteiger partial charge is 0.481 e. The maximum atomic E-state index is 12.3. The Morgan fingerprint density at radius 3 is 2.23 bits per heavy atom. The van der Waals surface area contributed by atoms with Gasteiger partial charge in [0.2, 0.25) is 5.91 Å². The van der Waals surface area contributed by atoms with E-state index in [1.165, 1.54) is 0 Å². The Morgan fingerprint density at radius 1 is 1.07 bits per heavy atom. The van der Waals surface area contributed by atoms with E-state index in [2.05, 4.69) is 17.2 Å². The number of nitrogens with one attached hydrogen (secondary N) is 2. The van der Waals surface area contributed by atoms with Crippen LogP contribution in [0.4, 0.5) is 4.79 Å². The molecule has 1 atom stereocenters. The van der Waals surface area contributed by atoms with Crippen LogP contribution < -0.4 is 10.6 Å². The summed E-state index contributed by atoms with van der Waals surface area (Å²) in [5.41, 5.74) is 4.34. The molecular formula is C23H24N2O5. The van der Waals surface area contributed by atoms with Crippen molar-refractivity contribution < 1.29 is 24.2 Å². The third-order valence-corrected chi connectivity index (χ3v) is 4.98. The van der Waals surface area contributed by atoms with Gasteiger partial charge < -0.3 is 20.5 Å². The fourth-order valence-corrected chi connectivity index (χ4v) is 3.59. The average Bonchev–Trinajstić information content (AvgIpc) is 3.05. The Morgan fingerprint density at radius 2 is 1.67 bits per heavy atom. The number of aliphatic carboxylic acids is 1. The van der Waals surface area contributed by atoms with Crippen LogP contribution in [0.3, 0.4) is 0 Å². The van der Waals surface area contributed by atoms with Crippen molar-refractivity contribution in [2.75, 3.05) is 13.2 Å². The lowest BCUT2D eigenvalue weighted by molar-refractivity contribution is -0.139. The van der Waals surface area contributed by atoms with E-state index in [4.69, 9.17) is 9.84 Å². The molecule has 0 aliphatic heterocycles. The van der Waals surface area contributed by atoms with E-state index in [1.54, 1.807) is 6.08 Å². The van der Waals surface area contributed by atoms with Crippen molar-refractivity contribution in [3.63, 3.8) is 0 Å². The number of ether oxygens (including phenoxy) is 1. The minimum Gasteiger partial charge on any atom is -0.481 e. The van der Waals surface area contributed by atoms with Crippen LogP contribution in [0.25, 0.3) is 11.1 Å². The van der Waals surface area contributed by atoms with Gasteiger partial charge in [0.05, 0.1) is 6.42 Å². The first kappa shape index (κ1) is 21.1. The van der Waals surface area contributed by atoms with Crippen LogP contribution in [-0.4, -0.2) is 42.3 Å². The molecule has 30 heavy (non-hydrogen) atoms. The molecule has 3 rings (SSSR count). The van der Waals surface area contributed by atoms with Crippen LogP contribution >= 0.6 is 0 Å². The summed E-state index contributed by atoms with van der Waals surface area (Å²) < 4.78 is 5.39. The Hall–Kier alpha value is -3.61. The van der Waals surface area contributed by atoms with E-state index in [9.17, 15) is 14.4 Å². The molecule has 0 saturated heterocycles. The van der Waals surface area contributed by atoms with E-state index in [1.807, 2.05) is 48.5 Å². The smallest absolute Gasteiger partial charge is 0.407 e. The number of rotatable bonds is 9. The van der Waals surface area contributed by atoms with Crippen LogP contribution in [0.5, 0.6) is 0 Å². The van der Waals surface area contributed by atoms with Gasteiger partial charge >= 0.3 is 12.1 Å². The molecule has 0 aromatic heterocycles. The molecule has 7 nitrogen and oxygen atoms in total. The number of carbonyl (C=O) groups is 3. The van der Waals surface area contributed by atoms with Gasteiger partial charge in [0.15, 0.2) is 0 Å². The van der Waals surface area contributed by atoms with Crippen LogP contribution in [0.1, 0.15) is 29.9 Å². The van der Waals surface area contributed by atoms with E-state index < -0.39 is 30.4 Å². The number of carbonyl (C=O) groups excluding carboxylic acids is 2. The van der Waals surface area contributed by atoms with Gasteiger partial charge in [0.1, 0.15) is 12.6 Å². The number of hydrogen-bond acceptors (Lipinski definition) is 4. The molecule has 1 unspecified atom stereocenters. The van der Waals surface area contributed by atoms with Gasteiger partial charge in [-0.15, -0.1) is 6.58 Å². The number of fused-ring (bicyclic) bond motifs is 3. The summed E-state index contributed by atoms with van der Waals surface area (Å²) >= 11 is 0. The number of alkyl carbamates (subject to hydrolysis) is 1. The van der Waals surface area contributed by atoms with Crippen LogP contribution in [0.15, 0.2) is 61.2 Å². The standard InChI is InChI=1S/C23H24N2O5/c1-2-3-12-24-22(28)20(13-21(26)27)25-23(29)30-14-19-17-10-6-4-8-15(17)16-9-5-7-11-18(16)19/h2,4-11,19-20H,1,3,12-14H2,(H,24,28)(H,25,29)(H,26,27). The lowest BCUT2D eigenvalue weighted by Crippen LogP contribution is -2.48. The third kappa shape index (κ3) is 4.86. The monoisotopic (exact) mass is 408 g/mol. The minimum atomic E-state index is -1.22. The van der Waals surface area contributed by atoms with Gasteiger partial charge in [0, 0.05) is 12.5 Å². The summed E-state index contributed by atoms with van der Waals surface area (Å²) in [6.07, 6.45) is 0.800. The molecule has 0 radical (unpaired) electrons. The lowest BCUT2D eigenvalue weighted by Gasteiger charge is -2.18. The highest BCUT2D eigenvalue weighted by Gasteiger charge is 2.30. The highest BCUT2D eigenvalue weighted by molar-refractivity contribution is 5.89. The molecule has 1 aliphatic carbocycles. The van der Waals surface area contributed by atoms with Crippen LogP contribution in [-0.2, 0) is 14.3 Å². The zero-order chi connectivity index (χ0) is 21.5. The highest BCUT2D eigenvalue weighted by atomic mass is 16.5. The first-order chi connectivity index (χ1) is 14.5. The molecule has 2 aromatic rings. The van der Waals surface area contributed by atoms with E-state index in [0.717, 1.165) is 22.3 Å². The summed E-state index contributed by atoms with van der Waals surface area (Å²) in [5, 5.41) is 14.0. The summed E-state index contributed by atoms with van der Waals surface area (Å²) in [6.45, 7) is 3.95. The second-order valence-electron chi connectivity index (χ2n) is 6.99. The predicted molar refractivity (Wildman–Crippen MR) is 112 cm³/mol. The van der Waals surface area contributed by atoms with E-state index in [0.29, 0.717) is 13.0 Å². The topological polar surface area (TPSA) is 105 Å². The number of amides is 2. The van der Waals surface area contributed by atoms with Crippen LogP contribution in [0, 0.1) is 0 Å². The molecule has 2 amide bonds. The molecule has 0 fully saturated rings. The molecule has 7 heteroatoms. The van der Waals surface area contributed by atoms with Crippen molar-refractivity contribution in [2.24, 2.45) is 0 Å². The van der Waals surface area contributed by atoms with Crippen molar-refractivity contribution in [1.29, 1.82) is 0 Å². The SMILES string of the molecule is C=CCCNC(=O)C(CC(=O)O)NC(=O)OCC1c2ccccc2-c2ccccc21. The third-order valence-electron chi connectivity index (χ3n) is 4.98. The van der Waals surface area contributed by atoms with Crippen molar-refractivity contribution >= 4 is 18.0 Å². The van der Waals surface area contributed by atoms with Gasteiger partial charge in [-0.05, 0) is 28.7 Å². The van der Waals surface area contributed by atoms with Crippen molar-refractivity contribution in [3.05, 3.63) is 72.3 Å². The van der Waals surface area contributed by atoms with Gasteiger partial charge in [-0.1, -0.05) is 54.6 Å². The molecule has 0 saturated carbocycles. The lowest BCUT2D eigenvalue weighted by atomic mass is 9.98. The molecule has 0 heterocycles. The van der Waals surface area contributed by atoms with Gasteiger partial charge in [-0.2, -0.15) is 0 Å². The fourth-order valence-electron chi connectivity index (χ4n) is 3.59. The fraction of sp³-hybridized carbons (Fsp3) is 0.261. The van der Waals surface area contributed by atoms with Gasteiger partial charge in [-0.3, -0.25) is 9.59 Å². The van der Waals surface area contributed by atoms with Gasteiger partial charge in [0.25, 0.3) is 0 Å². The summed E-state index contributed by atoms with van der Waals surface area (Å²) in [5.74, 6) is -1.90. The first-order valence-electron chi connectivity index (χ1n) is 9.73. The number of carboxylic acid groups (broad SMARTS) is 1. The first-order valence-corrected chi connectivity index (χ1v) is 9.73. The van der Waals surface area contributed by atoms with Crippen molar-refractivity contribution in [2.45, 2.75) is 24.8 Å². The molecule has 0 bridgehead atoms. The maximum absolute atomic E-state index is 12.3. The zero-order valence-electron chi connectivity index (χ0n) is 16.5. The number of carboxylic acids is 1. The molecule has 156 valence electrons. The summed E-state index contributed by atoms with van der Waals surface area (Å²) in [7, 11) is 0. The minimum absolute atomic E-state index is 0.0811. The second-order valence-corrected chi connectivity index (χ2v) is 6.99. The Labute approximate surface area is 174 Å². The van der Waals surface area contributed by atoms with Crippen molar-refractivity contribution in [1.82, 2.24) is 10.6 Å². The van der Waals surface area contributed by atoms with Crippen molar-refractivity contribution in [3.8, 4) is 11.1 Å². The van der Waals surface area contributed by atoms with E-state index >= 15 is 0 Å². The molecule has 3 N–H and O–H groups in total. The summed E-state index contributed by atoms with van der Waals surface area (Å²) in [4.78, 5) is 35.6. The predicted octanol–water partition coefficient (Wildman–Crippen LogP) is 3.06. The molecule has 2 aromatic carbocycles. The zero-order valence-corrected chi connectivity index (χ0v) is 16.5. The molecular weight excluding hydrogens is 384 g/mol.